The van der Waals surface area contributed by atoms with Crippen molar-refractivity contribution in [2.24, 2.45) is 5.14 Å². The number of hydrogen-bond donors (Lipinski definition) is 6. The van der Waals surface area contributed by atoms with Crippen molar-refractivity contribution in [3.8, 4) is 0 Å². The molecular formula is C7H21N3O5S. The van der Waals surface area contributed by atoms with Gasteiger partial charge < -0.3 is 20.8 Å². The second kappa shape index (κ2) is 11.2. The van der Waals surface area contributed by atoms with Crippen LogP contribution in [-0.4, -0.2) is 62.1 Å². The number of aliphatic hydroxyl groups is 2. The Morgan fingerprint density at radius 2 is 1.69 bits per heavy atom. The Kier molecular flexibility index (Phi) is 12.7. The summed E-state index contributed by atoms with van der Waals surface area (Å²) in [6, 6.07) is 0. The van der Waals surface area contributed by atoms with E-state index in [1.807, 2.05) is 0 Å². The van der Waals surface area contributed by atoms with Crippen LogP contribution in [0.25, 0.3) is 0 Å². The fraction of sp³-hybridized carbons (Fsp3) is 1.00. The van der Waals surface area contributed by atoms with Gasteiger partial charge in [0.25, 0.3) is 0 Å². The smallest absolute Gasteiger partial charge is 0.330 e. The summed E-state index contributed by atoms with van der Waals surface area (Å²) in [6.07, 6.45) is -0.284. The van der Waals surface area contributed by atoms with E-state index in [9.17, 15) is 0 Å². The van der Waals surface area contributed by atoms with E-state index in [1.165, 1.54) is 0 Å². The van der Waals surface area contributed by atoms with Crippen LogP contribution in [-0.2, 0) is 10.3 Å². The van der Waals surface area contributed by atoms with Gasteiger partial charge in [-0.2, -0.15) is 8.42 Å². The molecule has 9 heteroatoms. The van der Waals surface area contributed by atoms with Crippen LogP contribution >= 0.6 is 0 Å². The van der Waals surface area contributed by atoms with Crippen LogP contribution in [0, 0.1) is 0 Å². The lowest BCUT2D eigenvalue weighted by atomic mass is 10.4. The molecule has 0 heterocycles. The van der Waals surface area contributed by atoms with Crippen LogP contribution in [0.1, 0.15) is 6.92 Å². The summed E-state index contributed by atoms with van der Waals surface area (Å²) in [4.78, 5) is 0. The van der Waals surface area contributed by atoms with Gasteiger partial charge in [-0.05, 0) is 6.92 Å². The highest BCUT2D eigenvalue weighted by Gasteiger charge is 1.92. The van der Waals surface area contributed by atoms with Crippen molar-refractivity contribution in [2.45, 2.75) is 13.0 Å². The van der Waals surface area contributed by atoms with Crippen LogP contribution < -0.4 is 15.8 Å². The molecule has 0 bridgehead atoms. The Labute approximate surface area is 95.7 Å². The Hall–Kier alpha value is -0.290. The van der Waals surface area contributed by atoms with Gasteiger partial charge >= 0.3 is 10.3 Å². The Morgan fingerprint density at radius 1 is 1.25 bits per heavy atom. The fourth-order valence-electron chi connectivity index (χ4n) is 0.692. The standard InChI is InChI=1S/C7H18N2O2.H3NO3S/c1-7(11)6-9-3-2-8-4-5-10;1-5(2,3)4/h7-11H,2-6H2,1H3;(H3,1,2,3,4). The van der Waals surface area contributed by atoms with Gasteiger partial charge in [0.15, 0.2) is 0 Å². The van der Waals surface area contributed by atoms with Crippen LogP contribution in [0.4, 0.5) is 0 Å². The first-order valence-corrected chi connectivity index (χ1v) is 6.23. The zero-order valence-corrected chi connectivity index (χ0v) is 10.1. The quantitative estimate of drug-likeness (QED) is 0.215. The predicted octanol–water partition coefficient (Wildman–Crippen LogP) is -2.71. The summed E-state index contributed by atoms with van der Waals surface area (Å²) in [5.41, 5.74) is 0. The minimum atomic E-state index is -4.17. The van der Waals surface area contributed by atoms with E-state index in [0.717, 1.165) is 13.1 Å². The molecule has 0 saturated heterocycles. The first-order chi connectivity index (χ1) is 7.27. The monoisotopic (exact) mass is 259 g/mol. The van der Waals surface area contributed by atoms with Crippen molar-refractivity contribution in [2.75, 3.05) is 32.8 Å². The normalized spacial score (nSPS) is 12.8. The number of nitrogens with one attached hydrogen (secondary N) is 2. The third kappa shape index (κ3) is 37.3. The largest absolute Gasteiger partial charge is 0.395 e. The third-order valence-electron chi connectivity index (χ3n) is 1.21. The van der Waals surface area contributed by atoms with Crippen LogP contribution in [0.15, 0.2) is 0 Å². The maximum atomic E-state index is 8.97. The van der Waals surface area contributed by atoms with Crippen LogP contribution in [0.2, 0.25) is 0 Å². The molecule has 0 spiro atoms. The minimum absolute atomic E-state index is 0.177. The molecule has 1 unspecified atom stereocenters. The number of aliphatic hydroxyl groups excluding tert-OH is 2. The van der Waals surface area contributed by atoms with E-state index < -0.39 is 10.3 Å². The fourth-order valence-corrected chi connectivity index (χ4v) is 0.692. The summed E-state index contributed by atoms with van der Waals surface area (Å²) in [5.74, 6) is 0. The van der Waals surface area contributed by atoms with E-state index in [0.29, 0.717) is 13.1 Å². The first-order valence-electron chi connectivity index (χ1n) is 4.73. The summed E-state index contributed by atoms with van der Waals surface area (Å²) in [5, 5.41) is 27.2. The highest BCUT2D eigenvalue weighted by Crippen LogP contribution is 1.72. The minimum Gasteiger partial charge on any atom is -0.395 e. The molecule has 0 aromatic heterocycles. The second-order valence-electron chi connectivity index (χ2n) is 3.04. The molecule has 8 nitrogen and oxygen atoms in total. The maximum Gasteiger partial charge on any atom is 0.330 e. The zero-order chi connectivity index (χ0) is 13.0. The Balaban J connectivity index is 0. The second-order valence-corrected chi connectivity index (χ2v) is 4.07. The van der Waals surface area contributed by atoms with E-state index in [-0.39, 0.29) is 12.7 Å². The summed E-state index contributed by atoms with van der Waals surface area (Å²) in [6.45, 7) is 4.83. The lowest BCUT2D eigenvalue weighted by Crippen LogP contribution is -2.32. The van der Waals surface area contributed by atoms with Crippen molar-refractivity contribution in [3.63, 3.8) is 0 Å². The molecule has 7 N–H and O–H groups in total. The zero-order valence-electron chi connectivity index (χ0n) is 9.26. The van der Waals surface area contributed by atoms with Gasteiger partial charge in [-0.3, -0.25) is 4.55 Å². The topological polar surface area (TPSA) is 145 Å². The lowest BCUT2D eigenvalue weighted by molar-refractivity contribution is 0.191. The molecule has 1 atom stereocenters. The molecule has 0 radical (unpaired) electrons. The van der Waals surface area contributed by atoms with E-state index >= 15 is 0 Å². The van der Waals surface area contributed by atoms with Crippen molar-refractivity contribution in [3.05, 3.63) is 0 Å². The van der Waals surface area contributed by atoms with Crippen LogP contribution in [0.3, 0.4) is 0 Å². The van der Waals surface area contributed by atoms with E-state index in [1.54, 1.807) is 6.92 Å². The number of nitrogens with two attached hydrogens (primary N) is 1. The molecule has 0 saturated carbocycles. The summed E-state index contributed by atoms with van der Waals surface area (Å²) >= 11 is 0. The maximum absolute atomic E-state index is 8.97. The molecule has 0 aliphatic rings. The predicted molar refractivity (Wildman–Crippen MR) is 60.2 cm³/mol. The molecule has 0 fully saturated rings. The molecule has 0 rings (SSSR count). The van der Waals surface area contributed by atoms with Crippen molar-refractivity contribution < 1.29 is 23.2 Å². The molecule has 0 aromatic rings. The van der Waals surface area contributed by atoms with Gasteiger partial charge in [0, 0.05) is 26.2 Å². The summed E-state index contributed by atoms with van der Waals surface area (Å²) in [7, 11) is -4.17. The molecule has 0 amide bonds. The van der Waals surface area contributed by atoms with Gasteiger partial charge in [0.1, 0.15) is 0 Å². The molecule has 100 valence electrons. The van der Waals surface area contributed by atoms with E-state index in [4.69, 9.17) is 23.2 Å². The Morgan fingerprint density at radius 3 is 2.06 bits per heavy atom. The van der Waals surface area contributed by atoms with Crippen LogP contribution in [0.5, 0.6) is 0 Å². The van der Waals surface area contributed by atoms with Gasteiger partial charge in [0.2, 0.25) is 0 Å². The molecule has 0 aliphatic carbocycles. The molecule has 0 aliphatic heterocycles. The Bertz CT molecular complexity index is 224. The molecular weight excluding hydrogens is 238 g/mol. The van der Waals surface area contributed by atoms with E-state index in [2.05, 4.69) is 15.8 Å². The van der Waals surface area contributed by atoms with Gasteiger partial charge in [-0.25, -0.2) is 5.14 Å². The van der Waals surface area contributed by atoms with Crippen molar-refractivity contribution >= 4 is 10.3 Å². The van der Waals surface area contributed by atoms with Gasteiger partial charge in [-0.1, -0.05) is 0 Å². The van der Waals surface area contributed by atoms with Gasteiger partial charge in [0.05, 0.1) is 12.7 Å². The van der Waals surface area contributed by atoms with Crippen molar-refractivity contribution in [1.82, 2.24) is 10.6 Å². The lowest BCUT2D eigenvalue weighted by Gasteiger charge is -2.06. The average Bonchev–Trinajstić information content (AvgIpc) is 2.08. The average molecular weight is 259 g/mol. The third-order valence-corrected chi connectivity index (χ3v) is 1.21. The van der Waals surface area contributed by atoms with Crippen molar-refractivity contribution in [1.29, 1.82) is 0 Å². The molecule has 16 heavy (non-hydrogen) atoms. The highest BCUT2D eigenvalue weighted by molar-refractivity contribution is 7.83. The highest BCUT2D eigenvalue weighted by atomic mass is 32.2. The molecule has 0 aromatic carbocycles. The number of hydrogen-bond acceptors (Lipinski definition) is 6. The first kappa shape index (κ1) is 18.1. The number of rotatable bonds is 7. The summed E-state index contributed by atoms with van der Waals surface area (Å²) < 4.78 is 25.2. The van der Waals surface area contributed by atoms with Gasteiger partial charge in [-0.15, -0.1) is 0 Å². The SMILES string of the molecule is CC(O)CNCCNCCO.NS(=O)(=O)O.